The van der Waals surface area contributed by atoms with Crippen molar-refractivity contribution >= 4 is 88.4 Å². The van der Waals surface area contributed by atoms with E-state index in [1.54, 1.807) is 11.1 Å². The van der Waals surface area contributed by atoms with E-state index in [-0.39, 0.29) is 44.9 Å². The number of aromatic nitrogens is 1. The summed E-state index contributed by atoms with van der Waals surface area (Å²) in [5, 5.41) is 2.78. The van der Waals surface area contributed by atoms with Gasteiger partial charge in [-0.05, 0) is 148 Å². The topological polar surface area (TPSA) is 11.4 Å². The van der Waals surface area contributed by atoms with Crippen LogP contribution >= 0.6 is 11.3 Å². The van der Waals surface area contributed by atoms with Crippen LogP contribution in [0.25, 0.3) is 48.0 Å². The Bertz CT molecular complexity index is 3640. The van der Waals surface area contributed by atoms with Crippen molar-refractivity contribution in [1.82, 2.24) is 4.57 Å². The van der Waals surface area contributed by atoms with Crippen molar-refractivity contribution in [3.8, 4) is 16.8 Å². The normalized spacial score (nSPS) is 25.2. The first kappa shape index (κ1) is 44.4. The molecule has 2 fully saturated rings. The molecule has 360 valence electrons. The van der Waals surface area contributed by atoms with Gasteiger partial charge < -0.3 is 14.4 Å². The highest BCUT2D eigenvalue weighted by molar-refractivity contribution is 7.26. The minimum atomic E-state index is -0.105. The van der Waals surface area contributed by atoms with E-state index in [0.717, 1.165) is 0 Å². The molecule has 0 amide bonds. The molecule has 4 unspecified atom stereocenters. The van der Waals surface area contributed by atoms with Crippen molar-refractivity contribution in [3.63, 3.8) is 0 Å². The molecule has 6 aromatic carbocycles. The predicted molar refractivity (Wildman–Crippen MR) is 308 cm³/mol. The van der Waals surface area contributed by atoms with E-state index in [1.807, 2.05) is 11.3 Å². The maximum atomic E-state index is 2.98. The lowest BCUT2D eigenvalue weighted by Crippen LogP contribution is -2.64. The molecule has 71 heavy (non-hydrogen) atoms. The Morgan fingerprint density at radius 2 is 1.11 bits per heavy atom. The van der Waals surface area contributed by atoms with Gasteiger partial charge in [0.05, 0.1) is 26.8 Å². The molecule has 0 spiro atoms. The number of anilines is 4. The molecule has 0 saturated heterocycles. The fourth-order valence-corrected chi connectivity index (χ4v) is 17.0. The molecule has 5 heteroatoms. The number of nitrogens with zero attached hydrogens (tertiary/aromatic N) is 3. The van der Waals surface area contributed by atoms with Crippen LogP contribution < -0.4 is 26.2 Å². The van der Waals surface area contributed by atoms with E-state index in [0.29, 0.717) is 0 Å². The fourth-order valence-electron chi connectivity index (χ4n) is 15.8. The lowest BCUT2D eigenvalue weighted by Gasteiger charge is -2.53. The standard InChI is InChI=1S/C66H72BN3S/c1-60(2,3)41-24-22-39(23-25-41)40-32-48-58-49(33-40)67-50-36-43(62(7,8)9)34-46-56(50)68(57-45-20-14-15-21-54(45)71-59(46)57)52-37-44(38-53(55(52)67)70(58)66(13)31-19-17-29-64(48,66)11)69-51-27-26-42(61(4,5)6)35-47(51)63(10)28-16-18-30-65(63,69)12/h14-15,20-27,32-38H,16-19,28-31H2,1-13H3. The van der Waals surface area contributed by atoms with Crippen molar-refractivity contribution in [2.45, 2.75) is 180 Å². The largest absolute Gasteiger partial charge is 0.335 e. The van der Waals surface area contributed by atoms with E-state index < -0.39 is 0 Å². The summed E-state index contributed by atoms with van der Waals surface area (Å²) in [7, 11) is 0. The summed E-state index contributed by atoms with van der Waals surface area (Å²) in [6, 6.07) is 42.5. The van der Waals surface area contributed by atoms with Crippen molar-refractivity contribution in [2.24, 2.45) is 0 Å². The SMILES string of the molecule is CC(C)(C)c1ccc(-c2cc3c4c(c2)C2(C)CCCCC2(C)N4c2cc(N4c5ccc(C(C)(C)C)cc5C5(C)CCCCC45C)cc4c2B3c2cc(C(C)(C)C)cc3c5sc6ccccc6c5n-4c23)cc1. The molecule has 2 aliphatic carbocycles. The highest BCUT2D eigenvalue weighted by atomic mass is 32.1. The Labute approximate surface area is 427 Å². The van der Waals surface area contributed by atoms with Gasteiger partial charge in [-0.25, -0.2) is 0 Å². The highest BCUT2D eigenvalue weighted by Gasteiger charge is 2.63. The number of fused-ring (bicyclic) bond motifs is 15. The van der Waals surface area contributed by atoms with Crippen molar-refractivity contribution in [2.75, 3.05) is 9.80 Å². The lowest BCUT2D eigenvalue weighted by atomic mass is 9.33. The van der Waals surface area contributed by atoms with Gasteiger partial charge in [-0.3, -0.25) is 0 Å². The lowest BCUT2D eigenvalue weighted by molar-refractivity contribution is 0.194. The molecule has 0 bridgehead atoms. The van der Waals surface area contributed by atoms with Crippen LogP contribution in [0.5, 0.6) is 0 Å². The third-order valence-corrected chi connectivity index (χ3v) is 21.5. The number of hydrogen-bond acceptors (Lipinski definition) is 3. The van der Waals surface area contributed by atoms with Gasteiger partial charge in [0, 0.05) is 54.7 Å². The molecular formula is C66H72BN3S. The Morgan fingerprint density at radius 1 is 0.493 bits per heavy atom. The Kier molecular flexibility index (Phi) is 8.68. The van der Waals surface area contributed by atoms with Crippen molar-refractivity contribution < 1.29 is 0 Å². The molecule has 0 radical (unpaired) electrons. The molecule has 14 rings (SSSR count). The summed E-state index contributed by atoms with van der Waals surface area (Å²) in [6.07, 6.45) is 9.81. The average molecular weight is 950 g/mol. The van der Waals surface area contributed by atoms with Gasteiger partial charge in [-0.1, -0.05) is 169 Å². The molecule has 2 aromatic heterocycles. The first-order chi connectivity index (χ1) is 33.6. The van der Waals surface area contributed by atoms with Gasteiger partial charge in [-0.15, -0.1) is 11.3 Å². The minimum absolute atomic E-state index is 0.0217. The summed E-state index contributed by atoms with van der Waals surface area (Å²) in [5.41, 5.74) is 24.3. The van der Waals surface area contributed by atoms with Crippen molar-refractivity contribution in [1.29, 1.82) is 0 Å². The van der Waals surface area contributed by atoms with Gasteiger partial charge in [0.1, 0.15) is 0 Å². The first-order valence-electron chi connectivity index (χ1n) is 27.3. The summed E-state index contributed by atoms with van der Waals surface area (Å²) in [6.45, 7) is 32.1. The number of benzene rings is 6. The molecule has 8 aromatic rings. The van der Waals surface area contributed by atoms with Crippen LogP contribution in [0.2, 0.25) is 0 Å². The number of hydrogen-bond donors (Lipinski definition) is 0. The maximum absolute atomic E-state index is 2.98. The molecule has 4 aliphatic heterocycles. The monoisotopic (exact) mass is 950 g/mol. The van der Waals surface area contributed by atoms with Crippen LogP contribution in [-0.4, -0.2) is 22.4 Å². The zero-order valence-electron chi connectivity index (χ0n) is 44.8. The highest BCUT2D eigenvalue weighted by Crippen LogP contribution is 2.65. The van der Waals surface area contributed by atoms with Crippen LogP contribution in [0.3, 0.4) is 0 Å². The van der Waals surface area contributed by atoms with E-state index >= 15 is 0 Å². The van der Waals surface area contributed by atoms with Crippen LogP contribution in [0, 0.1) is 0 Å². The van der Waals surface area contributed by atoms with Gasteiger partial charge in [0.15, 0.2) is 0 Å². The fraction of sp³-hybridized carbons (Fsp3) is 0.424. The second-order valence-corrected chi connectivity index (χ2v) is 28.3. The maximum Gasteiger partial charge on any atom is 0.252 e. The van der Waals surface area contributed by atoms with Crippen LogP contribution in [0.4, 0.5) is 22.7 Å². The van der Waals surface area contributed by atoms with Gasteiger partial charge >= 0.3 is 0 Å². The third-order valence-electron chi connectivity index (χ3n) is 20.3. The van der Waals surface area contributed by atoms with Crippen LogP contribution in [0.1, 0.15) is 169 Å². The number of thiophene rings is 1. The summed E-state index contributed by atoms with van der Waals surface area (Å²) < 4.78 is 5.59. The van der Waals surface area contributed by atoms with Gasteiger partial charge in [0.2, 0.25) is 0 Å². The molecule has 0 N–H and O–H groups in total. The quantitative estimate of drug-likeness (QED) is 0.160. The van der Waals surface area contributed by atoms with E-state index in [2.05, 4.69) is 208 Å². The molecule has 6 heterocycles. The zero-order valence-corrected chi connectivity index (χ0v) is 45.6. The molecule has 2 saturated carbocycles. The smallest absolute Gasteiger partial charge is 0.252 e. The molecule has 4 atom stereocenters. The average Bonchev–Trinajstić information content (AvgIpc) is 3.98. The van der Waals surface area contributed by atoms with E-state index in [9.17, 15) is 0 Å². The third kappa shape index (κ3) is 5.53. The molecular weight excluding hydrogens is 878 g/mol. The summed E-state index contributed by atoms with van der Waals surface area (Å²) in [4.78, 5) is 5.87. The van der Waals surface area contributed by atoms with Gasteiger partial charge in [-0.2, -0.15) is 0 Å². The van der Waals surface area contributed by atoms with E-state index in [4.69, 9.17) is 0 Å². The molecule has 6 aliphatic rings. The summed E-state index contributed by atoms with van der Waals surface area (Å²) in [5.74, 6) is 0. The second-order valence-electron chi connectivity index (χ2n) is 27.2. The van der Waals surface area contributed by atoms with Crippen molar-refractivity contribution in [3.05, 3.63) is 131 Å². The Hall–Kier alpha value is -5.26. The predicted octanol–water partition coefficient (Wildman–Crippen LogP) is 16.2. The zero-order chi connectivity index (χ0) is 49.3. The first-order valence-corrected chi connectivity index (χ1v) is 28.1. The second kappa shape index (κ2) is 13.9. The number of rotatable bonds is 2. The Morgan fingerprint density at radius 3 is 1.80 bits per heavy atom. The summed E-state index contributed by atoms with van der Waals surface area (Å²) >= 11 is 2.00. The Balaban J connectivity index is 1.14. The van der Waals surface area contributed by atoms with Gasteiger partial charge in [0.25, 0.3) is 6.71 Å². The van der Waals surface area contributed by atoms with Crippen LogP contribution in [0.15, 0.2) is 103 Å². The van der Waals surface area contributed by atoms with E-state index in [1.165, 1.54) is 155 Å². The minimum Gasteiger partial charge on any atom is -0.335 e. The van der Waals surface area contributed by atoms with Crippen LogP contribution in [-0.2, 0) is 27.1 Å². The molecule has 3 nitrogen and oxygen atoms in total.